The largest absolute Gasteiger partial charge is 0.481 e. The van der Waals surface area contributed by atoms with E-state index >= 15 is 0 Å². The van der Waals surface area contributed by atoms with Gasteiger partial charge in [0.05, 0.1) is 23.4 Å². The first-order valence-electron chi connectivity index (χ1n) is 5.92. The number of imidazole rings is 1. The molecule has 2 aromatic rings. The number of methoxy groups -OCH3 is 1. The fraction of sp³-hybridized carbons (Fsp3) is 0.385. The summed E-state index contributed by atoms with van der Waals surface area (Å²) in [6, 6.07) is 6.02. The fourth-order valence-electron chi connectivity index (χ4n) is 1.85. The van der Waals surface area contributed by atoms with Gasteiger partial charge in [0.2, 0.25) is 0 Å². The molecule has 0 spiro atoms. The molecule has 5 nitrogen and oxygen atoms in total. The summed E-state index contributed by atoms with van der Waals surface area (Å²) in [5, 5.41) is 9.50. The predicted molar refractivity (Wildman–Crippen MR) is 74.7 cm³/mol. The van der Waals surface area contributed by atoms with Gasteiger partial charge in [0.25, 0.3) is 0 Å². The van der Waals surface area contributed by atoms with Crippen LogP contribution in [-0.4, -0.2) is 40.1 Å². The molecule has 0 saturated carbocycles. The Kier molecular flexibility index (Phi) is 4.44. The van der Waals surface area contributed by atoms with Crippen LogP contribution in [0.25, 0.3) is 11.0 Å². The Morgan fingerprint density at radius 1 is 1.53 bits per heavy atom. The highest BCUT2D eigenvalue weighted by molar-refractivity contribution is 7.99. The first-order valence-corrected chi connectivity index (χ1v) is 6.91. The normalized spacial score (nSPS) is 11.1. The van der Waals surface area contributed by atoms with Crippen LogP contribution in [0.1, 0.15) is 5.56 Å². The van der Waals surface area contributed by atoms with E-state index in [9.17, 15) is 4.79 Å². The van der Waals surface area contributed by atoms with Crippen LogP contribution in [0.4, 0.5) is 0 Å². The van der Waals surface area contributed by atoms with Gasteiger partial charge in [0, 0.05) is 13.7 Å². The number of carboxylic acids is 1. The summed E-state index contributed by atoms with van der Waals surface area (Å²) in [6.07, 6.45) is 0. The van der Waals surface area contributed by atoms with E-state index in [-0.39, 0.29) is 5.75 Å². The summed E-state index contributed by atoms with van der Waals surface area (Å²) < 4.78 is 7.11. The zero-order valence-corrected chi connectivity index (χ0v) is 11.7. The van der Waals surface area contributed by atoms with Crippen molar-refractivity contribution in [2.45, 2.75) is 18.6 Å². The van der Waals surface area contributed by atoms with Gasteiger partial charge >= 0.3 is 5.97 Å². The maximum Gasteiger partial charge on any atom is 0.313 e. The third-order valence-electron chi connectivity index (χ3n) is 2.71. The summed E-state index contributed by atoms with van der Waals surface area (Å²) in [5.41, 5.74) is 3.06. The summed E-state index contributed by atoms with van der Waals surface area (Å²) in [4.78, 5) is 15.2. The number of ether oxygens (including phenoxy) is 1. The van der Waals surface area contributed by atoms with Crippen molar-refractivity contribution in [3.8, 4) is 0 Å². The highest BCUT2D eigenvalue weighted by Crippen LogP contribution is 2.24. The zero-order valence-electron chi connectivity index (χ0n) is 10.9. The number of hydrogen-bond donors (Lipinski definition) is 1. The van der Waals surface area contributed by atoms with Gasteiger partial charge in [0.1, 0.15) is 0 Å². The Labute approximate surface area is 115 Å². The number of rotatable bonds is 6. The van der Waals surface area contributed by atoms with E-state index in [4.69, 9.17) is 9.84 Å². The van der Waals surface area contributed by atoms with Crippen molar-refractivity contribution >= 4 is 28.8 Å². The summed E-state index contributed by atoms with van der Waals surface area (Å²) in [7, 11) is 1.65. The van der Waals surface area contributed by atoms with Crippen molar-refractivity contribution in [3.63, 3.8) is 0 Å². The number of aliphatic carboxylic acids is 1. The van der Waals surface area contributed by atoms with Gasteiger partial charge in [-0.2, -0.15) is 0 Å². The van der Waals surface area contributed by atoms with E-state index in [1.807, 2.05) is 23.6 Å². The molecule has 0 radical (unpaired) electrons. The highest BCUT2D eigenvalue weighted by atomic mass is 32.2. The second-order valence-electron chi connectivity index (χ2n) is 4.21. The molecule has 0 fully saturated rings. The second-order valence-corrected chi connectivity index (χ2v) is 5.16. The zero-order chi connectivity index (χ0) is 13.8. The van der Waals surface area contributed by atoms with Crippen LogP contribution >= 0.6 is 11.8 Å². The molecule has 6 heteroatoms. The van der Waals surface area contributed by atoms with Crippen molar-refractivity contribution in [3.05, 3.63) is 23.8 Å². The van der Waals surface area contributed by atoms with Crippen LogP contribution in [0.15, 0.2) is 23.4 Å². The van der Waals surface area contributed by atoms with E-state index in [0.29, 0.717) is 13.2 Å². The quantitative estimate of drug-likeness (QED) is 0.822. The van der Waals surface area contributed by atoms with E-state index < -0.39 is 5.97 Å². The summed E-state index contributed by atoms with van der Waals surface area (Å²) in [5.74, 6) is -0.832. The van der Waals surface area contributed by atoms with Crippen molar-refractivity contribution in [2.24, 2.45) is 0 Å². The second kappa shape index (κ2) is 6.08. The van der Waals surface area contributed by atoms with Gasteiger partial charge in [-0.25, -0.2) is 4.98 Å². The number of hydrogen-bond acceptors (Lipinski definition) is 4. The van der Waals surface area contributed by atoms with Crippen LogP contribution < -0.4 is 0 Å². The molecule has 102 valence electrons. The first-order chi connectivity index (χ1) is 9.11. The molecule has 0 aliphatic heterocycles. The molecule has 0 unspecified atom stereocenters. The number of thioether (sulfide) groups is 1. The lowest BCUT2D eigenvalue weighted by molar-refractivity contribution is -0.133. The molecule has 0 aliphatic carbocycles. The maximum atomic E-state index is 10.7. The molecule has 1 N–H and O–H groups in total. The number of carboxylic acid groups (broad SMARTS) is 1. The van der Waals surface area contributed by atoms with Gasteiger partial charge in [0.15, 0.2) is 5.16 Å². The van der Waals surface area contributed by atoms with E-state index in [1.165, 1.54) is 11.8 Å². The Balaban J connectivity index is 2.39. The molecule has 0 aliphatic rings. The molecule has 2 rings (SSSR count). The Bertz CT molecular complexity index is 595. The van der Waals surface area contributed by atoms with E-state index in [1.54, 1.807) is 7.11 Å². The number of carbonyl (C=O) groups is 1. The Morgan fingerprint density at radius 2 is 2.32 bits per heavy atom. The SMILES string of the molecule is COCCn1c(SCC(=O)O)nc2ccc(C)cc21. The molecule has 1 aromatic heterocycles. The number of aryl methyl sites for hydroxylation is 1. The minimum atomic E-state index is -0.841. The Hall–Kier alpha value is -1.53. The molecule has 19 heavy (non-hydrogen) atoms. The molecular formula is C13H16N2O3S. The topological polar surface area (TPSA) is 64.3 Å². The number of nitrogens with zero attached hydrogens (tertiary/aromatic N) is 2. The lowest BCUT2D eigenvalue weighted by atomic mass is 10.2. The van der Waals surface area contributed by atoms with E-state index in [0.717, 1.165) is 21.8 Å². The van der Waals surface area contributed by atoms with Crippen LogP contribution in [-0.2, 0) is 16.1 Å². The van der Waals surface area contributed by atoms with Gasteiger partial charge in [-0.15, -0.1) is 0 Å². The smallest absolute Gasteiger partial charge is 0.313 e. The van der Waals surface area contributed by atoms with Crippen molar-refractivity contribution in [2.75, 3.05) is 19.5 Å². The predicted octanol–water partition coefficient (Wildman–Crippen LogP) is 2.17. The lowest BCUT2D eigenvalue weighted by Crippen LogP contribution is -2.07. The van der Waals surface area contributed by atoms with Crippen LogP contribution in [0.2, 0.25) is 0 Å². The fourth-order valence-corrected chi connectivity index (χ4v) is 2.61. The lowest BCUT2D eigenvalue weighted by Gasteiger charge is -2.07. The van der Waals surface area contributed by atoms with Crippen LogP contribution in [0, 0.1) is 6.92 Å². The van der Waals surface area contributed by atoms with Crippen LogP contribution in [0.5, 0.6) is 0 Å². The Morgan fingerprint density at radius 3 is 3.00 bits per heavy atom. The average molecular weight is 280 g/mol. The number of aromatic nitrogens is 2. The highest BCUT2D eigenvalue weighted by Gasteiger charge is 2.12. The maximum absolute atomic E-state index is 10.7. The molecular weight excluding hydrogens is 264 g/mol. The molecule has 1 heterocycles. The van der Waals surface area contributed by atoms with Crippen molar-refractivity contribution < 1.29 is 14.6 Å². The summed E-state index contributed by atoms with van der Waals surface area (Å²) in [6.45, 7) is 3.26. The molecule has 1 aromatic carbocycles. The molecule has 0 amide bonds. The van der Waals surface area contributed by atoms with Gasteiger partial charge < -0.3 is 14.4 Å². The number of fused-ring (bicyclic) bond motifs is 1. The van der Waals surface area contributed by atoms with Gasteiger partial charge in [-0.05, 0) is 24.6 Å². The monoisotopic (exact) mass is 280 g/mol. The van der Waals surface area contributed by atoms with Crippen molar-refractivity contribution in [1.29, 1.82) is 0 Å². The van der Waals surface area contributed by atoms with Gasteiger partial charge in [-0.3, -0.25) is 4.79 Å². The van der Waals surface area contributed by atoms with Crippen LogP contribution in [0.3, 0.4) is 0 Å². The minimum Gasteiger partial charge on any atom is -0.481 e. The molecule has 0 saturated heterocycles. The third-order valence-corrected chi connectivity index (χ3v) is 3.67. The minimum absolute atomic E-state index is 0.00921. The van der Waals surface area contributed by atoms with E-state index in [2.05, 4.69) is 11.1 Å². The number of benzene rings is 1. The molecule has 0 bridgehead atoms. The average Bonchev–Trinajstić information content (AvgIpc) is 2.71. The van der Waals surface area contributed by atoms with Crippen molar-refractivity contribution in [1.82, 2.24) is 9.55 Å². The summed E-state index contributed by atoms with van der Waals surface area (Å²) >= 11 is 1.23. The third kappa shape index (κ3) is 3.27. The standard InChI is InChI=1S/C13H16N2O3S/c1-9-3-4-10-11(7-9)15(5-6-18-2)13(14-10)19-8-12(16)17/h3-4,7H,5-6,8H2,1-2H3,(H,16,17). The van der Waals surface area contributed by atoms with Gasteiger partial charge in [-0.1, -0.05) is 17.8 Å². The molecule has 0 atom stereocenters. The first kappa shape index (κ1) is 13.9.